The van der Waals surface area contributed by atoms with Crippen LogP contribution in [0.15, 0.2) is 24.3 Å². The quantitative estimate of drug-likeness (QED) is 0.693. The van der Waals surface area contributed by atoms with Crippen LogP contribution in [0.4, 0.5) is 0 Å². The van der Waals surface area contributed by atoms with Crippen LogP contribution in [-0.4, -0.2) is 22.9 Å². The zero-order valence-electron chi connectivity index (χ0n) is 9.27. The normalized spacial score (nSPS) is 14.9. The van der Waals surface area contributed by atoms with Gasteiger partial charge in [0.05, 0.1) is 6.61 Å². The molecule has 1 rings (SSSR count). The zero-order valence-corrected chi connectivity index (χ0v) is 9.27. The third kappa shape index (κ3) is 3.22. The van der Waals surface area contributed by atoms with Gasteiger partial charge in [-0.15, -0.1) is 0 Å². The first-order valence-electron chi connectivity index (χ1n) is 5.33. The molecule has 84 valence electrons. The van der Waals surface area contributed by atoms with Crippen molar-refractivity contribution in [1.29, 1.82) is 0 Å². The van der Waals surface area contributed by atoms with E-state index in [1.807, 2.05) is 26.0 Å². The average molecular weight is 209 g/mol. The van der Waals surface area contributed by atoms with E-state index in [1.54, 1.807) is 12.1 Å². The van der Waals surface area contributed by atoms with Crippen LogP contribution in [0.5, 0.6) is 5.75 Å². The van der Waals surface area contributed by atoms with E-state index >= 15 is 0 Å². The lowest BCUT2D eigenvalue weighted by molar-refractivity contribution is 0.239. The first-order valence-corrected chi connectivity index (χ1v) is 5.33. The minimum Gasteiger partial charge on any atom is -0.508 e. The predicted molar refractivity (Wildman–Crippen MR) is 60.8 cm³/mol. The highest BCUT2D eigenvalue weighted by molar-refractivity contribution is 5.34. The van der Waals surface area contributed by atoms with Gasteiger partial charge in [-0.3, -0.25) is 0 Å². The van der Waals surface area contributed by atoms with Gasteiger partial charge in [-0.05, 0) is 19.4 Å². The second kappa shape index (κ2) is 5.73. The Kier molecular flexibility index (Phi) is 4.59. The zero-order chi connectivity index (χ0) is 11.3. The number of hydrogen-bond donors (Lipinski definition) is 3. The van der Waals surface area contributed by atoms with Gasteiger partial charge in [-0.1, -0.05) is 25.1 Å². The monoisotopic (exact) mass is 209 g/mol. The molecule has 0 aliphatic rings. The Balaban J connectivity index is 2.78. The predicted octanol–water partition coefficient (Wildman–Crippen LogP) is 1.81. The van der Waals surface area contributed by atoms with Crippen LogP contribution in [0.3, 0.4) is 0 Å². The van der Waals surface area contributed by atoms with E-state index in [2.05, 4.69) is 5.32 Å². The van der Waals surface area contributed by atoms with Crippen molar-refractivity contribution >= 4 is 0 Å². The van der Waals surface area contributed by atoms with Crippen molar-refractivity contribution in [2.45, 2.75) is 32.4 Å². The lowest BCUT2D eigenvalue weighted by Crippen LogP contribution is -2.32. The maximum atomic E-state index is 9.70. The summed E-state index contributed by atoms with van der Waals surface area (Å²) in [7, 11) is 0. The first kappa shape index (κ1) is 12.0. The minimum absolute atomic E-state index is 0.0366. The Morgan fingerprint density at radius 2 is 2.00 bits per heavy atom. The fourth-order valence-electron chi connectivity index (χ4n) is 1.61. The van der Waals surface area contributed by atoms with E-state index in [0.717, 1.165) is 12.0 Å². The molecule has 0 fully saturated rings. The third-order valence-electron chi connectivity index (χ3n) is 2.48. The van der Waals surface area contributed by atoms with E-state index in [9.17, 15) is 5.11 Å². The summed E-state index contributed by atoms with van der Waals surface area (Å²) < 4.78 is 0. The molecule has 0 aromatic heterocycles. The molecular formula is C12H19NO2. The topological polar surface area (TPSA) is 52.5 Å². The molecule has 1 aromatic carbocycles. The van der Waals surface area contributed by atoms with Crippen LogP contribution < -0.4 is 5.32 Å². The van der Waals surface area contributed by atoms with E-state index in [1.165, 1.54) is 0 Å². The second-order valence-electron chi connectivity index (χ2n) is 3.77. The standard InChI is InChI=1S/C12H19NO2/c1-3-11(13-9(2)8-14)10-6-4-5-7-12(10)15/h4-7,9,11,13-15H,3,8H2,1-2H3/t9-,11+/m0/s1. The summed E-state index contributed by atoms with van der Waals surface area (Å²) >= 11 is 0. The summed E-state index contributed by atoms with van der Waals surface area (Å²) in [5.74, 6) is 0.307. The van der Waals surface area contributed by atoms with Crippen LogP contribution in [0.25, 0.3) is 0 Å². The molecule has 0 unspecified atom stereocenters. The molecule has 0 amide bonds. The van der Waals surface area contributed by atoms with Crippen molar-refractivity contribution in [3.8, 4) is 5.75 Å². The van der Waals surface area contributed by atoms with Crippen molar-refractivity contribution in [2.75, 3.05) is 6.61 Å². The number of phenolic OH excluding ortho intramolecular Hbond substituents is 1. The van der Waals surface area contributed by atoms with Crippen LogP contribution in [-0.2, 0) is 0 Å². The fourth-order valence-corrected chi connectivity index (χ4v) is 1.61. The summed E-state index contributed by atoms with van der Waals surface area (Å²) in [6, 6.07) is 7.43. The summed E-state index contributed by atoms with van der Waals surface area (Å²) in [6.45, 7) is 4.07. The maximum Gasteiger partial charge on any atom is 0.120 e. The SMILES string of the molecule is CC[C@@H](N[C@@H](C)CO)c1ccccc1O. The van der Waals surface area contributed by atoms with Gasteiger partial charge in [-0.2, -0.15) is 0 Å². The molecule has 15 heavy (non-hydrogen) atoms. The Morgan fingerprint density at radius 3 is 2.53 bits per heavy atom. The molecule has 0 bridgehead atoms. The van der Waals surface area contributed by atoms with Crippen molar-refractivity contribution in [2.24, 2.45) is 0 Å². The van der Waals surface area contributed by atoms with Gasteiger partial charge in [0.25, 0.3) is 0 Å². The molecule has 0 aliphatic heterocycles. The van der Waals surface area contributed by atoms with E-state index in [-0.39, 0.29) is 18.7 Å². The van der Waals surface area contributed by atoms with Crippen molar-refractivity contribution in [3.05, 3.63) is 29.8 Å². The van der Waals surface area contributed by atoms with E-state index in [0.29, 0.717) is 5.75 Å². The number of para-hydroxylation sites is 1. The molecule has 0 aliphatic carbocycles. The summed E-state index contributed by atoms with van der Waals surface area (Å²) in [4.78, 5) is 0. The summed E-state index contributed by atoms with van der Waals surface area (Å²) in [6.07, 6.45) is 0.877. The number of nitrogens with one attached hydrogen (secondary N) is 1. The number of aliphatic hydroxyl groups excluding tert-OH is 1. The third-order valence-corrected chi connectivity index (χ3v) is 2.48. The molecule has 1 aromatic rings. The van der Waals surface area contributed by atoms with Crippen LogP contribution >= 0.6 is 0 Å². The molecular weight excluding hydrogens is 190 g/mol. The number of hydrogen-bond acceptors (Lipinski definition) is 3. The maximum absolute atomic E-state index is 9.70. The highest BCUT2D eigenvalue weighted by Gasteiger charge is 2.14. The Labute approximate surface area is 90.8 Å². The molecule has 0 spiro atoms. The van der Waals surface area contributed by atoms with Gasteiger partial charge in [-0.25, -0.2) is 0 Å². The summed E-state index contributed by atoms with van der Waals surface area (Å²) in [5.41, 5.74) is 0.889. The average Bonchev–Trinajstić information content (AvgIpc) is 2.26. The van der Waals surface area contributed by atoms with Gasteiger partial charge in [0.2, 0.25) is 0 Å². The van der Waals surface area contributed by atoms with Crippen molar-refractivity contribution in [1.82, 2.24) is 5.32 Å². The van der Waals surface area contributed by atoms with Crippen molar-refractivity contribution in [3.63, 3.8) is 0 Å². The first-order chi connectivity index (χ1) is 7.19. The molecule has 2 atom stereocenters. The van der Waals surface area contributed by atoms with E-state index < -0.39 is 0 Å². The van der Waals surface area contributed by atoms with Gasteiger partial charge in [0.15, 0.2) is 0 Å². The van der Waals surface area contributed by atoms with Gasteiger partial charge in [0.1, 0.15) is 5.75 Å². The Hall–Kier alpha value is -1.06. The van der Waals surface area contributed by atoms with Crippen LogP contribution in [0.2, 0.25) is 0 Å². The summed E-state index contributed by atoms with van der Waals surface area (Å²) in [5, 5.41) is 21.9. The highest BCUT2D eigenvalue weighted by atomic mass is 16.3. The molecule has 3 heteroatoms. The molecule has 3 nitrogen and oxygen atoms in total. The molecule has 0 heterocycles. The molecule has 0 radical (unpaired) electrons. The number of aliphatic hydroxyl groups is 1. The smallest absolute Gasteiger partial charge is 0.120 e. The number of phenols is 1. The minimum atomic E-state index is 0.0366. The lowest BCUT2D eigenvalue weighted by atomic mass is 10.0. The lowest BCUT2D eigenvalue weighted by Gasteiger charge is -2.22. The van der Waals surface area contributed by atoms with Crippen molar-refractivity contribution < 1.29 is 10.2 Å². The highest BCUT2D eigenvalue weighted by Crippen LogP contribution is 2.25. The van der Waals surface area contributed by atoms with Gasteiger partial charge >= 0.3 is 0 Å². The number of benzene rings is 1. The van der Waals surface area contributed by atoms with Gasteiger partial charge < -0.3 is 15.5 Å². The molecule has 3 N–H and O–H groups in total. The molecule has 0 saturated heterocycles. The second-order valence-corrected chi connectivity index (χ2v) is 3.77. The van der Waals surface area contributed by atoms with Gasteiger partial charge in [0, 0.05) is 17.6 Å². The van der Waals surface area contributed by atoms with Crippen LogP contribution in [0.1, 0.15) is 31.9 Å². The largest absolute Gasteiger partial charge is 0.508 e. The Morgan fingerprint density at radius 1 is 1.33 bits per heavy atom. The van der Waals surface area contributed by atoms with Crippen LogP contribution in [0, 0.1) is 0 Å². The number of rotatable bonds is 5. The van der Waals surface area contributed by atoms with E-state index in [4.69, 9.17) is 5.11 Å². The number of aromatic hydroxyl groups is 1. The molecule has 0 saturated carbocycles. The Bertz CT molecular complexity index is 301. The fraction of sp³-hybridized carbons (Fsp3) is 0.500.